The third-order valence-corrected chi connectivity index (χ3v) is 4.53. The van der Waals surface area contributed by atoms with E-state index in [4.69, 9.17) is 0 Å². The summed E-state index contributed by atoms with van der Waals surface area (Å²) in [5.74, 6) is 0.670. The van der Waals surface area contributed by atoms with Crippen LogP contribution >= 0.6 is 0 Å². The Kier molecular flexibility index (Phi) is 7.60. The maximum atomic E-state index is 11.8. The summed E-state index contributed by atoms with van der Waals surface area (Å²) in [7, 11) is 1.64. The first-order valence-corrected chi connectivity index (χ1v) is 10.1. The molecule has 0 aliphatic carbocycles. The molecule has 7 nitrogen and oxygen atoms in total. The number of hydrogen-bond donors (Lipinski definition) is 3. The summed E-state index contributed by atoms with van der Waals surface area (Å²) in [5, 5.41) is 13.8. The van der Waals surface area contributed by atoms with Crippen molar-refractivity contribution in [3.8, 4) is 5.69 Å². The minimum atomic E-state index is -0.0744. The number of rotatable bonds is 8. The lowest BCUT2D eigenvalue weighted by molar-refractivity contribution is 0.0963. The van der Waals surface area contributed by atoms with Gasteiger partial charge in [0.25, 0.3) is 5.91 Å². The van der Waals surface area contributed by atoms with E-state index in [1.807, 2.05) is 78.5 Å². The van der Waals surface area contributed by atoms with Crippen LogP contribution in [-0.2, 0) is 13.0 Å². The van der Waals surface area contributed by atoms with E-state index in [-0.39, 0.29) is 5.91 Å². The molecule has 1 aromatic heterocycles. The first-order valence-electron chi connectivity index (χ1n) is 10.1. The Hall–Kier alpha value is -3.61. The number of carbonyl (C=O) groups is 1. The number of guanidine groups is 1. The van der Waals surface area contributed by atoms with Gasteiger partial charge in [-0.25, -0.2) is 9.67 Å². The van der Waals surface area contributed by atoms with Gasteiger partial charge in [-0.15, -0.1) is 0 Å². The third kappa shape index (κ3) is 5.94. The maximum Gasteiger partial charge on any atom is 0.251 e. The molecule has 0 aliphatic heterocycles. The van der Waals surface area contributed by atoms with Gasteiger partial charge >= 0.3 is 0 Å². The third-order valence-electron chi connectivity index (χ3n) is 4.53. The molecule has 1 heterocycles. The van der Waals surface area contributed by atoms with Crippen LogP contribution in [0.3, 0.4) is 0 Å². The molecule has 0 atom stereocenters. The van der Waals surface area contributed by atoms with E-state index in [0.717, 1.165) is 35.9 Å². The number of hydrogen-bond acceptors (Lipinski definition) is 3. The lowest BCUT2D eigenvalue weighted by Gasteiger charge is -2.11. The molecule has 0 bridgehead atoms. The zero-order valence-corrected chi connectivity index (χ0v) is 17.4. The zero-order chi connectivity index (χ0) is 21.2. The van der Waals surface area contributed by atoms with Crippen molar-refractivity contribution in [2.45, 2.75) is 19.9 Å². The summed E-state index contributed by atoms with van der Waals surface area (Å²) < 4.78 is 1.85. The average Bonchev–Trinajstić information content (AvgIpc) is 3.27. The van der Waals surface area contributed by atoms with Gasteiger partial charge in [0.15, 0.2) is 5.96 Å². The van der Waals surface area contributed by atoms with Gasteiger partial charge in [0.2, 0.25) is 0 Å². The summed E-state index contributed by atoms with van der Waals surface area (Å²) >= 11 is 0. The lowest BCUT2D eigenvalue weighted by atomic mass is 10.1. The molecule has 0 saturated heterocycles. The Morgan fingerprint density at radius 3 is 2.67 bits per heavy atom. The summed E-state index contributed by atoms with van der Waals surface area (Å²) in [6, 6.07) is 19.6. The standard InChI is InChI=1S/C23H28N6O/c1-3-25-23(26-14-12-18-8-7-9-19(16-18)22(30)24-2)27-17-20-13-15-29(28-20)21-10-5-4-6-11-21/h4-11,13,15-16H,3,12,14,17H2,1-2H3,(H,24,30)(H2,25,26,27). The summed E-state index contributed by atoms with van der Waals surface area (Å²) in [5.41, 5.74) is 3.69. The molecule has 0 unspecified atom stereocenters. The largest absolute Gasteiger partial charge is 0.357 e. The van der Waals surface area contributed by atoms with Crippen molar-refractivity contribution in [1.82, 2.24) is 25.7 Å². The fourth-order valence-electron chi connectivity index (χ4n) is 3.01. The molecule has 0 radical (unpaired) electrons. The minimum Gasteiger partial charge on any atom is -0.357 e. The Labute approximate surface area is 177 Å². The predicted molar refractivity (Wildman–Crippen MR) is 120 cm³/mol. The molecule has 30 heavy (non-hydrogen) atoms. The molecule has 3 aromatic rings. The summed E-state index contributed by atoms with van der Waals surface area (Å²) in [6.07, 6.45) is 2.73. The number of aliphatic imine (C=N–C) groups is 1. The van der Waals surface area contributed by atoms with Gasteiger partial charge in [-0.1, -0.05) is 30.3 Å². The van der Waals surface area contributed by atoms with Crippen LogP contribution in [0.15, 0.2) is 71.9 Å². The van der Waals surface area contributed by atoms with Crippen molar-refractivity contribution in [3.05, 3.63) is 83.7 Å². The number of nitrogens with zero attached hydrogens (tertiary/aromatic N) is 3. The van der Waals surface area contributed by atoms with Crippen LogP contribution in [-0.4, -0.2) is 41.8 Å². The van der Waals surface area contributed by atoms with E-state index in [9.17, 15) is 4.79 Å². The number of aromatic nitrogens is 2. The quantitative estimate of drug-likeness (QED) is 0.398. The molecule has 2 aromatic carbocycles. The SMILES string of the molecule is CCNC(=NCc1ccn(-c2ccccc2)n1)NCCc1cccc(C(=O)NC)c1. The number of amides is 1. The molecular weight excluding hydrogens is 376 g/mol. The predicted octanol–water partition coefficient (Wildman–Crippen LogP) is 2.53. The van der Waals surface area contributed by atoms with Crippen LogP contribution in [0.5, 0.6) is 0 Å². The highest BCUT2D eigenvalue weighted by Crippen LogP contribution is 2.08. The molecule has 0 fully saturated rings. The molecule has 0 spiro atoms. The fraction of sp³-hybridized carbons (Fsp3) is 0.261. The lowest BCUT2D eigenvalue weighted by Crippen LogP contribution is -2.38. The summed E-state index contributed by atoms with van der Waals surface area (Å²) in [4.78, 5) is 16.4. The van der Waals surface area contributed by atoms with Crippen molar-refractivity contribution in [2.75, 3.05) is 20.1 Å². The van der Waals surface area contributed by atoms with Gasteiger partial charge in [0.1, 0.15) is 0 Å². The molecule has 3 rings (SSSR count). The second kappa shape index (κ2) is 10.8. The number of benzene rings is 2. The van der Waals surface area contributed by atoms with Crippen LogP contribution in [0.4, 0.5) is 0 Å². The second-order valence-corrected chi connectivity index (χ2v) is 6.74. The van der Waals surface area contributed by atoms with Crippen molar-refractivity contribution < 1.29 is 4.79 Å². The van der Waals surface area contributed by atoms with Crippen LogP contribution in [0, 0.1) is 0 Å². The average molecular weight is 405 g/mol. The highest BCUT2D eigenvalue weighted by atomic mass is 16.1. The van der Waals surface area contributed by atoms with E-state index in [1.165, 1.54) is 0 Å². The van der Waals surface area contributed by atoms with Gasteiger partial charge in [0, 0.05) is 31.9 Å². The minimum absolute atomic E-state index is 0.0744. The first kappa shape index (κ1) is 21.1. The van der Waals surface area contributed by atoms with Crippen LogP contribution in [0.1, 0.15) is 28.5 Å². The normalized spacial score (nSPS) is 11.2. The van der Waals surface area contributed by atoms with E-state index in [2.05, 4.69) is 26.0 Å². The summed E-state index contributed by atoms with van der Waals surface area (Å²) in [6.45, 7) is 4.01. The van der Waals surface area contributed by atoms with Crippen molar-refractivity contribution >= 4 is 11.9 Å². The van der Waals surface area contributed by atoms with Crippen molar-refractivity contribution in [1.29, 1.82) is 0 Å². The molecule has 7 heteroatoms. The second-order valence-electron chi connectivity index (χ2n) is 6.74. The van der Waals surface area contributed by atoms with Gasteiger partial charge in [-0.05, 0) is 49.2 Å². The monoisotopic (exact) mass is 404 g/mol. The Morgan fingerprint density at radius 2 is 1.90 bits per heavy atom. The molecular formula is C23H28N6O. The highest BCUT2D eigenvalue weighted by Gasteiger charge is 2.05. The Morgan fingerprint density at radius 1 is 1.07 bits per heavy atom. The number of para-hydroxylation sites is 1. The highest BCUT2D eigenvalue weighted by molar-refractivity contribution is 5.94. The van der Waals surface area contributed by atoms with Crippen molar-refractivity contribution in [3.63, 3.8) is 0 Å². The van der Waals surface area contributed by atoms with E-state index >= 15 is 0 Å². The van der Waals surface area contributed by atoms with Gasteiger partial charge in [0.05, 0.1) is 17.9 Å². The van der Waals surface area contributed by atoms with Crippen LogP contribution < -0.4 is 16.0 Å². The van der Waals surface area contributed by atoms with E-state index in [1.54, 1.807) is 7.05 Å². The molecule has 156 valence electrons. The molecule has 1 amide bonds. The van der Waals surface area contributed by atoms with Crippen LogP contribution in [0.25, 0.3) is 5.69 Å². The molecule has 0 saturated carbocycles. The van der Waals surface area contributed by atoms with Gasteiger partial charge in [-0.3, -0.25) is 4.79 Å². The van der Waals surface area contributed by atoms with Gasteiger partial charge < -0.3 is 16.0 Å². The maximum absolute atomic E-state index is 11.8. The fourth-order valence-corrected chi connectivity index (χ4v) is 3.01. The Bertz CT molecular complexity index is 980. The molecule has 0 aliphatic rings. The van der Waals surface area contributed by atoms with Gasteiger partial charge in [-0.2, -0.15) is 5.10 Å². The van der Waals surface area contributed by atoms with Crippen molar-refractivity contribution in [2.24, 2.45) is 4.99 Å². The van der Waals surface area contributed by atoms with E-state index < -0.39 is 0 Å². The first-order chi connectivity index (χ1) is 14.7. The molecule has 3 N–H and O–H groups in total. The smallest absolute Gasteiger partial charge is 0.251 e. The topological polar surface area (TPSA) is 83.3 Å². The van der Waals surface area contributed by atoms with E-state index in [0.29, 0.717) is 18.7 Å². The Balaban J connectivity index is 1.56. The number of carbonyl (C=O) groups excluding carboxylic acids is 1. The van der Waals surface area contributed by atoms with Crippen LogP contribution in [0.2, 0.25) is 0 Å². The number of nitrogens with one attached hydrogen (secondary N) is 3. The zero-order valence-electron chi connectivity index (χ0n) is 17.4.